The lowest BCUT2D eigenvalue weighted by Crippen LogP contribution is -2.42. The summed E-state index contributed by atoms with van der Waals surface area (Å²) in [6.45, 7) is 5.32. The zero-order valence-corrected chi connectivity index (χ0v) is 18.8. The quantitative estimate of drug-likeness (QED) is 0.653. The molecule has 0 bridgehead atoms. The minimum absolute atomic E-state index is 0.216. The predicted molar refractivity (Wildman–Crippen MR) is 118 cm³/mol. The second-order valence-corrected chi connectivity index (χ2v) is 10.8. The van der Waals surface area contributed by atoms with Crippen LogP contribution in [0, 0.1) is 25.2 Å². The Morgan fingerprint density at radius 1 is 1.33 bits per heavy atom. The average Bonchev–Trinajstić information content (AvgIpc) is 2.97. The van der Waals surface area contributed by atoms with Gasteiger partial charge in [0.15, 0.2) is 14.6 Å². The van der Waals surface area contributed by atoms with E-state index in [2.05, 4.69) is 10.9 Å². The number of thiazole rings is 1. The molecule has 0 aliphatic carbocycles. The number of nitrogens with zero attached hydrogens (tertiary/aromatic N) is 3. The number of carbonyl (C=O) groups is 2. The van der Waals surface area contributed by atoms with Gasteiger partial charge in [-0.05, 0) is 43.4 Å². The molecule has 160 valence electrons. The zero-order chi connectivity index (χ0) is 21.9. The van der Waals surface area contributed by atoms with Crippen LogP contribution in [0.3, 0.4) is 0 Å². The van der Waals surface area contributed by atoms with Gasteiger partial charge < -0.3 is 9.47 Å². The summed E-state index contributed by atoms with van der Waals surface area (Å²) in [6.07, 6.45) is 7.34. The molecule has 2 heterocycles. The number of terminal acetylenes is 1. The molecule has 2 amide bonds. The number of aryl methyl sites for hydroxylation is 1. The van der Waals surface area contributed by atoms with E-state index in [1.807, 2.05) is 32.0 Å². The zero-order valence-electron chi connectivity index (χ0n) is 17.1. The molecule has 1 atom stereocenters. The smallest absolute Gasteiger partial charge is 0.263 e. The first kappa shape index (κ1) is 22.2. The fourth-order valence-electron chi connectivity index (χ4n) is 3.58. The standard InChI is InChI=1S/C21H25N3O4S2/c1-4-9-24-17-8-7-15(2)11-18(17)29-21(24)22-19(25)13-30(27,28)14-20(26)23-10-5-6-16(3)12-23/h1,7-8,11,16H,5-6,9-10,12-14H2,2-3H3. The van der Waals surface area contributed by atoms with Crippen molar-refractivity contribution in [2.24, 2.45) is 10.9 Å². The van der Waals surface area contributed by atoms with Crippen molar-refractivity contribution in [1.29, 1.82) is 0 Å². The summed E-state index contributed by atoms with van der Waals surface area (Å²) in [5, 5.41) is 0. The lowest BCUT2D eigenvalue weighted by Gasteiger charge is -2.30. The van der Waals surface area contributed by atoms with Crippen molar-refractivity contribution in [1.82, 2.24) is 9.47 Å². The van der Waals surface area contributed by atoms with Gasteiger partial charge in [-0.25, -0.2) is 8.42 Å². The van der Waals surface area contributed by atoms with Crippen molar-refractivity contribution < 1.29 is 18.0 Å². The summed E-state index contributed by atoms with van der Waals surface area (Å²) in [5.74, 6) is 0.165. The van der Waals surface area contributed by atoms with E-state index in [0.717, 1.165) is 28.6 Å². The molecule has 1 unspecified atom stereocenters. The number of benzene rings is 1. The third-order valence-electron chi connectivity index (χ3n) is 5.00. The molecule has 1 aromatic carbocycles. The van der Waals surface area contributed by atoms with Crippen LogP contribution in [0.5, 0.6) is 0 Å². The van der Waals surface area contributed by atoms with Gasteiger partial charge in [0.25, 0.3) is 5.91 Å². The van der Waals surface area contributed by atoms with Gasteiger partial charge in [-0.1, -0.05) is 30.2 Å². The first-order valence-electron chi connectivity index (χ1n) is 9.78. The second-order valence-electron chi connectivity index (χ2n) is 7.77. The first-order valence-corrected chi connectivity index (χ1v) is 12.4. The van der Waals surface area contributed by atoms with Crippen LogP contribution < -0.4 is 4.80 Å². The molecule has 0 radical (unpaired) electrons. The van der Waals surface area contributed by atoms with Gasteiger partial charge in [0.05, 0.1) is 16.8 Å². The number of carbonyl (C=O) groups excluding carboxylic acids is 2. The Balaban J connectivity index is 1.78. The molecule has 0 saturated carbocycles. The van der Waals surface area contributed by atoms with Gasteiger partial charge in [0, 0.05) is 13.1 Å². The van der Waals surface area contributed by atoms with Crippen LogP contribution in [0.4, 0.5) is 0 Å². The summed E-state index contributed by atoms with van der Waals surface area (Å²) < 4.78 is 27.5. The van der Waals surface area contributed by atoms with Gasteiger partial charge in [0.1, 0.15) is 11.5 Å². The number of sulfone groups is 1. The number of hydrogen-bond acceptors (Lipinski definition) is 5. The maximum absolute atomic E-state index is 12.4. The number of hydrogen-bond donors (Lipinski definition) is 0. The number of rotatable bonds is 5. The topological polar surface area (TPSA) is 88.8 Å². The van der Waals surface area contributed by atoms with Crippen LogP contribution in [0.2, 0.25) is 0 Å². The highest BCUT2D eigenvalue weighted by Gasteiger charge is 2.27. The number of fused-ring (bicyclic) bond motifs is 1. The molecular weight excluding hydrogens is 422 g/mol. The fourth-order valence-corrected chi connectivity index (χ4v) is 5.83. The molecule has 1 aliphatic heterocycles. The van der Waals surface area contributed by atoms with Gasteiger partial charge in [-0.15, -0.1) is 6.42 Å². The lowest BCUT2D eigenvalue weighted by molar-refractivity contribution is -0.130. The highest BCUT2D eigenvalue weighted by molar-refractivity contribution is 7.92. The minimum Gasteiger partial charge on any atom is -0.342 e. The van der Waals surface area contributed by atoms with Gasteiger partial charge >= 0.3 is 0 Å². The van der Waals surface area contributed by atoms with Gasteiger partial charge in [0.2, 0.25) is 5.91 Å². The molecule has 0 spiro atoms. The molecule has 1 saturated heterocycles. The predicted octanol–water partition coefficient (Wildman–Crippen LogP) is 1.75. The number of aromatic nitrogens is 1. The lowest BCUT2D eigenvalue weighted by atomic mass is 10.0. The summed E-state index contributed by atoms with van der Waals surface area (Å²) >= 11 is 1.28. The average molecular weight is 448 g/mol. The van der Waals surface area contributed by atoms with E-state index >= 15 is 0 Å². The van der Waals surface area contributed by atoms with Crippen molar-refractivity contribution in [3.63, 3.8) is 0 Å². The van der Waals surface area contributed by atoms with Crippen molar-refractivity contribution in [3.05, 3.63) is 28.6 Å². The van der Waals surface area contributed by atoms with Crippen LogP contribution in [0.15, 0.2) is 23.2 Å². The molecule has 2 aromatic rings. The molecule has 7 nitrogen and oxygen atoms in total. The van der Waals surface area contributed by atoms with Gasteiger partial charge in [-0.2, -0.15) is 4.99 Å². The summed E-state index contributed by atoms with van der Waals surface area (Å²) in [5.41, 5.74) is 1.90. The summed E-state index contributed by atoms with van der Waals surface area (Å²) in [6, 6.07) is 5.80. The molecule has 1 fully saturated rings. The fraction of sp³-hybridized carbons (Fsp3) is 0.476. The maximum Gasteiger partial charge on any atom is 0.263 e. The third-order valence-corrected chi connectivity index (χ3v) is 7.42. The van der Waals surface area contributed by atoms with E-state index in [-0.39, 0.29) is 6.54 Å². The summed E-state index contributed by atoms with van der Waals surface area (Å²) in [7, 11) is -3.91. The Kier molecular flexibility index (Phi) is 6.78. The summed E-state index contributed by atoms with van der Waals surface area (Å²) in [4.78, 5) is 30.7. The SMILES string of the molecule is C#CCn1c(=NC(=O)CS(=O)(=O)CC(=O)N2CCCC(C)C2)sc2cc(C)ccc21. The van der Waals surface area contributed by atoms with Crippen LogP contribution in [0.1, 0.15) is 25.3 Å². The Labute approximate surface area is 180 Å². The Morgan fingerprint density at radius 3 is 2.80 bits per heavy atom. The van der Waals surface area contributed by atoms with Gasteiger partial charge in [-0.3, -0.25) is 9.59 Å². The Hall–Kier alpha value is -2.44. The molecule has 9 heteroatoms. The van der Waals surface area contributed by atoms with E-state index in [4.69, 9.17) is 6.42 Å². The first-order chi connectivity index (χ1) is 14.2. The molecule has 3 rings (SSSR count). The molecule has 1 aromatic heterocycles. The normalized spacial score (nSPS) is 17.8. The second kappa shape index (κ2) is 9.14. The van der Waals surface area contributed by atoms with E-state index in [1.54, 1.807) is 9.47 Å². The van der Waals surface area contributed by atoms with E-state index in [1.165, 1.54) is 11.3 Å². The van der Waals surface area contributed by atoms with E-state index < -0.39 is 33.2 Å². The van der Waals surface area contributed by atoms with Crippen LogP contribution in [-0.2, 0) is 26.0 Å². The van der Waals surface area contributed by atoms with Crippen LogP contribution in [-0.4, -0.2) is 54.3 Å². The third kappa shape index (κ3) is 5.37. The van der Waals surface area contributed by atoms with Crippen LogP contribution in [0.25, 0.3) is 10.2 Å². The number of amides is 2. The van der Waals surface area contributed by atoms with Crippen LogP contribution >= 0.6 is 11.3 Å². The monoisotopic (exact) mass is 447 g/mol. The van der Waals surface area contributed by atoms with Crippen molar-refractivity contribution >= 4 is 43.2 Å². The molecule has 1 aliphatic rings. The van der Waals surface area contributed by atoms with Crippen molar-refractivity contribution in [2.45, 2.75) is 33.2 Å². The molecule has 0 N–H and O–H groups in total. The van der Waals surface area contributed by atoms with E-state index in [9.17, 15) is 18.0 Å². The minimum atomic E-state index is -3.91. The molecule has 30 heavy (non-hydrogen) atoms. The maximum atomic E-state index is 12.4. The Morgan fingerprint density at radius 2 is 2.10 bits per heavy atom. The number of piperidine rings is 1. The van der Waals surface area contributed by atoms with E-state index in [0.29, 0.717) is 23.8 Å². The highest BCUT2D eigenvalue weighted by atomic mass is 32.2. The van der Waals surface area contributed by atoms with Crippen molar-refractivity contribution in [2.75, 3.05) is 24.6 Å². The Bertz CT molecular complexity index is 1190. The molecular formula is C21H25N3O4S2. The number of likely N-dealkylation sites (tertiary alicyclic amines) is 1. The highest BCUT2D eigenvalue weighted by Crippen LogP contribution is 2.19. The largest absolute Gasteiger partial charge is 0.342 e. The van der Waals surface area contributed by atoms with Crippen molar-refractivity contribution in [3.8, 4) is 12.3 Å².